The van der Waals surface area contributed by atoms with E-state index in [0.29, 0.717) is 58.0 Å². The lowest BCUT2D eigenvalue weighted by atomic mass is 10.1. The van der Waals surface area contributed by atoms with Gasteiger partial charge in [-0.1, -0.05) is 42.5 Å². The number of fused-ring (bicyclic) bond motifs is 2. The second-order valence-electron chi connectivity index (χ2n) is 9.61. The normalized spacial score (nSPS) is 11.5. The quantitative estimate of drug-likeness (QED) is 0.221. The molecule has 0 aliphatic carbocycles. The van der Waals surface area contributed by atoms with Crippen molar-refractivity contribution in [2.24, 2.45) is 0 Å². The monoisotopic (exact) mass is 544 g/mol. The van der Waals surface area contributed by atoms with Gasteiger partial charge in [-0.05, 0) is 35.4 Å². The Bertz CT molecular complexity index is 2020. The van der Waals surface area contributed by atoms with Crippen molar-refractivity contribution in [1.82, 2.24) is 40.4 Å². The van der Waals surface area contributed by atoms with Gasteiger partial charge in [0.2, 0.25) is 0 Å². The van der Waals surface area contributed by atoms with Crippen LogP contribution < -0.4 is 5.32 Å². The van der Waals surface area contributed by atoms with Crippen LogP contribution in [0.2, 0.25) is 0 Å². The second-order valence-corrected chi connectivity index (χ2v) is 9.61. The number of pyridine rings is 3. The number of rotatable bonds is 7. The maximum atomic E-state index is 16.1. The number of hydrogen-bond acceptors (Lipinski definition) is 6. The number of nitrogens with one attached hydrogen (secondary N) is 3. The van der Waals surface area contributed by atoms with E-state index in [9.17, 15) is 4.39 Å². The lowest BCUT2D eigenvalue weighted by molar-refractivity contribution is 0.628. The molecule has 0 amide bonds. The summed E-state index contributed by atoms with van der Waals surface area (Å²) < 4.78 is 30.1. The summed E-state index contributed by atoms with van der Waals surface area (Å²) in [5.74, 6) is -0.496. The fourth-order valence-electron chi connectivity index (χ4n) is 4.90. The molecule has 3 N–H and O–H groups in total. The first-order valence-corrected chi connectivity index (χ1v) is 13.0. The average molecular weight is 545 g/mol. The zero-order chi connectivity index (χ0) is 27.8. The SMILES string of the molecule is Fc1cccc(-c2nccc3[nH]c(-c4[nH]nc5ncc(-c6cncc(CNCc7ccccc7)c6)c(F)c45)nc23)c1. The Morgan fingerprint density at radius 2 is 1.68 bits per heavy atom. The van der Waals surface area contributed by atoms with Crippen LogP contribution >= 0.6 is 0 Å². The molecule has 0 saturated carbocycles. The Labute approximate surface area is 232 Å². The highest BCUT2D eigenvalue weighted by atomic mass is 19.1. The number of hydrogen-bond donors (Lipinski definition) is 3. The van der Waals surface area contributed by atoms with Gasteiger partial charge in [0.05, 0.1) is 16.6 Å². The molecule has 10 heteroatoms. The van der Waals surface area contributed by atoms with E-state index in [0.717, 1.165) is 5.56 Å². The molecule has 8 nitrogen and oxygen atoms in total. The molecular weight excluding hydrogens is 522 g/mol. The van der Waals surface area contributed by atoms with Crippen LogP contribution in [0.4, 0.5) is 8.78 Å². The van der Waals surface area contributed by atoms with E-state index in [4.69, 9.17) is 4.98 Å². The maximum Gasteiger partial charge on any atom is 0.184 e. The van der Waals surface area contributed by atoms with Crippen LogP contribution in [-0.4, -0.2) is 35.1 Å². The predicted octanol–water partition coefficient (Wildman–Crippen LogP) is 6.19. The van der Waals surface area contributed by atoms with Gasteiger partial charge in [0.25, 0.3) is 0 Å². The molecule has 0 aliphatic rings. The Hall–Kier alpha value is -5.35. The van der Waals surface area contributed by atoms with Gasteiger partial charge in [-0.2, -0.15) is 5.10 Å². The Morgan fingerprint density at radius 1 is 0.805 bits per heavy atom. The summed E-state index contributed by atoms with van der Waals surface area (Å²) in [4.78, 5) is 21.1. The number of aromatic nitrogens is 7. The van der Waals surface area contributed by atoms with Crippen LogP contribution in [0.1, 0.15) is 11.1 Å². The zero-order valence-electron chi connectivity index (χ0n) is 21.6. The molecule has 7 rings (SSSR count). The molecule has 0 fully saturated rings. The van der Waals surface area contributed by atoms with E-state index in [2.05, 4.69) is 47.6 Å². The van der Waals surface area contributed by atoms with Crippen molar-refractivity contribution in [2.75, 3.05) is 0 Å². The van der Waals surface area contributed by atoms with Gasteiger partial charge in [-0.15, -0.1) is 0 Å². The summed E-state index contributed by atoms with van der Waals surface area (Å²) in [5, 5.41) is 10.7. The lowest BCUT2D eigenvalue weighted by Gasteiger charge is -2.08. The van der Waals surface area contributed by atoms with Crippen LogP contribution in [0.25, 0.3) is 56.0 Å². The molecule has 0 atom stereocenters. The minimum atomic E-state index is -0.487. The summed E-state index contributed by atoms with van der Waals surface area (Å²) in [7, 11) is 0. The third-order valence-electron chi connectivity index (χ3n) is 6.86. The smallest absolute Gasteiger partial charge is 0.184 e. The number of H-pyrrole nitrogens is 2. The van der Waals surface area contributed by atoms with Crippen LogP contribution in [0.5, 0.6) is 0 Å². The molecule has 0 radical (unpaired) electrons. The van der Waals surface area contributed by atoms with Crippen molar-refractivity contribution in [3.63, 3.8) is 0 Å². The number of nitrogens with zero attached hydrogens (tertiary/aromatic N) is 5. The molecule has 5 aromatic heterocycles. The standard InChI is InChI=1S/C31H22F2N8/c32-22-8-4-7-20(12-22)27-28-24(9-10-36-27)38-31(39-28)29-25-26(33)23(17-37-30(25)41-40-29)21-11-19(15-35-16-21)14-34-13-18-5-2-1-3-6-18/h1-12,15-17,34H,13-14H2,(H,38,39)(H,37,40,41). The van der Waals surface area contributed by atoms with Crippen LogP contribution in [0.15, 0.2) is 91.5 Å². The van der Waals surface area contributed by atoms with E-state index in [1.807, 2.05) is 24.3 Å². The van der Waals surface area contributed by atoms with Crippen molar-refractivity contribution >= 4 is 22.1 Å². The fourth-order valence-corrected chi connectivity index (χ4v) is 4.90. The number of imidazole rings is 1. The Morgan fingerprint density at radius 3 is 2.56 bits per heavy atom. The van der Waals surface area contributed by atoms with E-state index in [-0.39, 0.29) is 16.9 Å². The third-order valence-corrected chi connectivity index (χ3v) is 6.86. The molecule has 7 aromatic rings. The number of halogens is 2. The molecule has 0 aliphatic heterocycles. The maximum absolute atomic E-state index is 16.1. The van der Waals surface area contributed by atoms with E-state index < -0.39 is 5.82 Å². The van der Waals surface area contributed by atoms with Crippen molar-refractivity contribution < 1.29 is 8.78 Å². The lowest BCUT2D eigenvalue weighted by Crippen LogP contribution is -2.12. The summed E-state index contributed by atoms with van der Waals surface area (Å²) in [5.41, 5.74) is 5.86. The second kappa shape index (κ2) is 10.3. The van der Waals surface area contributed by atoms with Crippen molar-refractivity contribution in [3.05, 3.63) is 114 Å². The van der Waals surface area contributed by atoms with Gasteiger partial charge in [-0.25, -0.2) is 18.7 Å². The van der Waals surface area contributed by atoms with Crippen molar-refractivity contribution in [2.45, 2.75) is 13.1 Å². The molecular formula is C31H22F2N8. The molecule has 41 heavy (non-hydrogen) atoms. The summed E-state index contributed by atoms with van der Waals surface area (Å²) in [6, 6.07) is 19.9. The highest BCUT2D eigenvalue weighted by molar-refractivity contribution is 5.96. The van der Waals surface area contributed by atoms with Gasteiger partial charge in [0.15, 0.2) is 11.5 Å². The van der Waals surface area contributed by atoms with Crippen LogP contribution in [0, 0.1) is 11.6 Å². The van der Waals surface area contributed by atoms with Crippen molar-refractivity contribution in [1.29, 1.82) is 0 Å². The minimum absolute atomic E-state index is 0.203. The largest absolute Gasteiger partial charge is 0.337 e. The number of aromatic amines is 2. The number of benzene rings is 2. The Balaban J connectivity index is 1.24. The highest BCUT2D eigenvalue weighted by Crippen LogP contribution is 2.34. The van der Waals surface area contributed by atoms with Gasteiger partial charge in [0, 0.05) is 54.6 Å². The Kier molecular flexibility index (Phi) is 6.21. The van der Waals surface area contributed by atoms with Crippen LogP contribution in [-0.2, 0) is 13.1 Å². The first-order valence-electron chi connectivity index (χ1n) is 13.0. The molecule has 5 heterocycles. The average Bonchev–Trinajstić information content (AvgIpc) is 3.63. The molecule has 0 unspecified atom stereocenters. The molecule has 0 spiro atoms. The third kappa shape index (κ3) is 4.70. The predicted molar refractivity (Wildman–Crippen MR) is 152 cm³/mol. The molecule has 0 bridgehead atoms. The van der Waals surface area contributed by atoms with Gasteiger partial charge < -0.3 is 10.3 Å². The molecule has 200 valence electrons. The minimum Gasteiger partial charge on any atom is -0.337 e. The summed E-state index contributed by atoms with van der Waals surface area (Å²) in [6.45, 7) is 1.28. The highest BCUT2D eigenvalue weighted by Gasteiger charge is 2.21. The zero-order valence-corrected chi connectivity index (χ0v) is 21.6. The topological polar surface area (TPSA) is 108 Å². The van der Waals surface area contributed by atoms with E-state index >= 15 is 4.39 Å². The molecule has 2 aromatic carbocycles. The molecule has 0 saturated heterocycles. The fraction of sp³-hybridized carbons (Fsp3) is 0.0645. The summed E-state index contributed by atoms with van der Waals surface area (Å²) in [6.07, 6.45) is 6.45. The van der Waals surface area contributed by atoms with E-state index in [1.165, 1.54) is 23.9 Å². The van der Waals surface area contributed by atoms with Gasteiger partial charge in [-0.3, -0.25) is 15.1 Å². The first kappa shape index (κ1) is 24.7. The first-order chi connectivity index (χ1) is 20.1. The van der Waals surface area contributed by atoms with Gasteiger partial charge >= 0.3 is 0 Å². The summed E-state index contributed by atoms with van der Waals surface area (Å²) >= 11 is 0. The van der Waals surface area contributed by atoms with Gasteiger partial charge in [0.1, 0.15) is 22.8 Å². The van der Waals surface area contributed by atoms with Crippen LogP contribution in [0.3, 0.4) is 0 Å². The van der Waals surface area contributed by atoms with E-state index in [1.54, 1.807) is 36.8 Å². The van der Waals surface area contributed by atoms with Crippen molar-refractivity contribution in [3.8, 4) is 33.9 Å².